The van der Waals surface area contributed by atoms with Crippen molar-refractivity contribution in [1.82, 2.24) is 0 Å². The van der Waals surface area contributed by atoms with Crippen LogP contribution in [0.5, 0.6) is 0 Å². The van der Waals surface area contributed by atoms with Crippen LogP contribution >= 0.6 is 0 Å². The Kier molecular flexibility index (Phi) is 3.23. The lowest BCUT2D eigenvalue weighted by atomic mass is 10.2. The van der Waals surface area contributed by atoms with Gasteiger partial charge in [0.2, 0.25) is 0 Å². The molecule has 19 heavy (non-hydrogen) atoms. The molecule has 1 amide bonds. The van der Waals surface area contributed by atoms with Gasteiger partial charge in [-0.3, -0.25) is 4.79 Å². The van der Waals surface area contributed by atoms with Crippen LogP contribution in [0.4, 0.5) is 11.4 Å². The van der Waals surface area contributed by atoms with E-state index in [-0.39, 0.29) is 5.91 Å². The van der Waals surface area contributed by atoms with Crippen molar-refractivity contribution in [2.45, 2.75) is 12.8 Å². The monoisotopic (exact) mass is 256 g/mol. The molecule has 1 aromatic carbocycles. The van der Waals surface area contributed by atoms with Gasteiger partial charge in [0, 0.05) is 24.5 Å². The largest absolute Gasteiger partial charge is 0.459 e. The summed E-state index contributed by atoms with van der Waals surface area (Å²) in [6.07, 6.45) is 3.97. The second-order valence-electron chi connectivity index (χ2n) is 4.68. The Bertz CT molecular complexity index is 557. The molecule has 1 fully saturated rings. The fraction of sp³-hybridized carbons (Fsp3) is 0.267. The van der Waals surface area contributed by atoms with Gasteiger partial charge in [-0.2, -0.15) is 0 Å². The minimum Gasteiger partial charge on any atom is -0.459 e. The molecule has 0 aliphatic carbocycles. The van der Waals surface area contributed by atoms with Gasteiger partial charge in [0.15, 0.2) is 5.76 Å². The topological polar surface area (TPSA) is 45.5 Å². The Morgan fingerprint density at radius 3 is 2.74 bits per heavy atom. The first-order valence-corrected chi connectivity index (χ1v) is 6.53. The number of benzene rings is 1. The van der Waals surface area contributed by atoms with Crippen LogP contribution in [0.15, 0.2) is 47.1 Å². The minimum absolute atomic E-state index is 0.219. The first kappa shape index (κ1) is 11.8. The summed E-state index contributed by atoms with van der Waals surface area (Å²) in [5, 5.41) is 2.85. The third-order valence-corrected chi connectivity index (χ3v) is 3.32. The van der Waals surface area contributed by atoms with E-state index in [0.29, 0.717) is 5.76 Å². The van der Waals surface area contributed by atoms with Gasteiger partial charge in [0.25, 0.3) is 5.91 Å². The van der Waals surface area contributed by atoms with Gasteiger partial charge in [0.05, 0.1) is 6.26 Å². The highest BCUT2D eigenvalue weighted by atomic mass is 16.3. The third-order valence-electron chi connectivity index (χ3n) is 3.32. The summed E-state index contributed by atoms with van der Waals surface area (Å²) in [6.45, 7) is 2.19. The molecule has 2 aromatic rings. The third kappa shape index (κ3) is 2.62. The van der Waals surface area contributed by atoms with E-state index < -0.39 is 0 Å². The summed E-state index contributed by atoms with van der Waals surface area (Å²) in [5.74, 6) is 0.107. The van der Waals surface area contributed by atoms with E-state index in [1.54, 1.807) is 12.1 Å². The molecule has 98 valence electrons. The van der Waals surface area contributed by atoms with Crippen molar-refractivity contribution in [2.75, 3.05) is 23.3 Å². The predicted molar refractivity (Wildman–Crippen MR) is 74.6 cm³/mol. The fourth-order valence-corrected chi connectivity index (χ4v) is 2.36. The van der Waals surface area contributed by atoms with Gasteiger partial charge in [-0.1, -0.05) is 6.07 Å². The second-order valence-corrected chi connectivity index (χ2v) is 4.68. The number of furan rings is 1. The number of carbonyl (C=O) groups excluding carboxylic acids is 1. The standard InChI is InChI=1S/C15H16N2O2/c18-15(14-7-4-10-19-14)16-12-5-3-6-13(11-12)17-8-1-2-9-17/h3-7,10-11H,1-2,8-9H2,(H,16,18). The van der Waals surface area contributed by atoms with E-state index in [0.717, 1.165) is 24.5 Å². The Balaban J connectivity index is 1.74. The maximum Gasteiger partial charge on any atom is 0.291 e. The van der Waals surface area contributed by atoms with E-state index in [4.69, 9.17) is 4.42 Å². The molecule has 0 spiro atoms. The van der Waals surface area contributed by atoms with Gasteiger partial charge < -0.3 is 14.6 Å². The van der Waals surface area contributed by atoms with Crippen LogP contribution in [-0.2, 0) is 0 Å². The summed E-state index contributed by atoms with van der Waals surface area (Å²) in [4.78, 5) is 14.2. The van der Waals surface area contributed by atoms with E-state index in [9.17, 15) is 4.79 Å². The molecule has 1 saturated heterocycles. The normalized spacial score (nSPS) is 14.6. The van der Waals surface area contributed by atoms with Crippen LogP contribution in [0, 0.1) is 0 Å². The number of nitrogens with one attached hydrogen (secondary N) is 1. The number of hydrogen-bond donors (Lipinski definition) is 1. The molecule has 0 unspecified atom stereocenters. The van der Waals surface area contributed by atoms with E-state index in [1.165, 1.54) is 19.1 Å². The summed E-state index contributed by atoms with van der Waals surface area (Å²) < 4.78 is 5.08. The molecule has 0 bridgehead atoms. The van der Waals surface area contributed by atoms with Crippen molar-refractivity contribution in [1.29, 1.82) is 0 Å². The molecular weight excluding hydrogens is 240 g/mol. The lowest BCUT2D eigenvalue weighted by Crippen LogP contribution is -2.18. The highest BCUT2D eigenvalue weighted by molar-refractivity contribution is 6.02. The Hall–Kier alpha value is -2.23. The number of anilines is 2. The van der Waals surface area contributed by atoms with Crippen LogP contribution in [-0.4, -0.2) is 19.0 Å². The minimum atomic E-state index is -0.219. The molecular formula is C15H16N2O2. The van der Waals surface area contributed by atoms with Gasteiger partial charge >= 0.3 is 0 Å². The van der Waals surface area contributed by atoms with Crippen LogP contribution in [0.3, 0.4) is 0 Å². The van der Waals surface area contributed by atoms with Crippen LogP contribution < -0.4 is 10.2 Å². The first-order chi connectivity index (χ1) is 9.33. The molecule has 0 atom stereocenters. The maximum absolute atomic E-state index is 11.9. The second kappa shape index (κ2) is 5.18. The van der Waals surface area contributed by atoms with Gasteiger partial charge in [-0.15, -0.1) is 0 Å². The molecule has 3 rings (SSSR count). The number of amides is 1. The maximum atomic E-state index is 11.9. The van der Waals surface area contributed by atoms with E-state index in [2.05, 4.69) is 16.3 Å². The van der Waals surface area contributed by atoms with Crippen LogP contribution in [0.25, 0.3) is 0 Å². The lowest BCUT2D eigenvalue weighted by Gasteiger charge is -2.18. The molecule has 0 radical (unpaired) electrons. The van der Waals surface area contributed by atoms with Crippen molar-refractivity contribution in [3.8, 4) is 0 Å². The van der Waals surface area contributed by atoms with Gasteiger partial charge in [-0.05, 0) is 43.2 Å². The first-order valence-electron chi connectivity index (χ1n) is 6.53. The van der Waals surface area contributed by atoms with Crippen molar-refractivity contribution in [2.24, 2.45) is 0 Å². The van der Waals surface area contributed by atoms with Crippen molar-refractivity contribution in [3.05, 3.63) is 48.4 Å². The number of nitrogens with zero attached hydrogens (tertiary/aromatic N) is 1. The molecule has 1 aliphatic heterocycles. The number of carbonyl (C=O) groups is 1. The highest BCUT2D eigenvalue weighted by Gasteiger charge is 2.13. The predicted octanol–water partition coefficient (Wildman–Crippen LogP) is 3.13. The zero-order chi connectivity index (χ0) is 13.1. The summed E-state index contributed by atoms with van der Waals surface area (Å²) in [7, 11) is 0. The zero-order valence-electron chi connectivity index (χ0n) is 10.6. The Labute approximate surface area is 112 Å². The number of hydrogen-bond acceptors (Lipinski definition) is 3. The average molecular weight is 256 g/mol. The van der Waals surface area contributed by atoms with Crippen molar-refractivity contribution >= 4 is 17.3 Å². The van der Waals surface area contributed by atoms with Gasteiger partial charge in [0.1, 0.15) is 0 Å². The van der Waals surface area contributed by atoms with Crippen molar-refractivity contribution in [3.63, 3.8) is 0 Å². The fourth-order valence-electron chi connectivity index (χ4n) is 2.36. The van der Waals surface area contributed by atoms with E-state index >= 15 is 0 Å². The lowest BCUT2D eigenvalue weighted by molar-refractivity contribution is 0.0996. The summed E-state index contributed by atoms with van der Waals surface area (Å²) >= 11 is 0. The zero-order valence-corrected chi connectivity index (χ0v) is 10.6. The average Bonchev–Trinajstić information content (AvgIpc) is 3.13. The number of rotatable bonds is 3. The summed E-state index contributed by atoms with van der Waals surface area (Å²) in [5.41, 5.74) is 1.96. The highest BCUT2D eigenvalue weighted by Crippen LogP contribution is 2.23. The summed E-state index contributed by atoms with van der Waals surface area (Å²) in [6, 6.07) is 11.3. The molecule has 4 heteroatoms. The molecule has 2 heterocycles. The molecule has 1 N–H and O–H groups in total. The van der Waals surface area contributed by atoms with Crippen LogP contribution in [0.2, 0.25) is 0 Å². The van der Waals surface area contributed by atoms with Crippen LogP contribution in [0.1, 0.15) is 23.4 Å². The van der Waals surface area contributed by atoms with Gasteiger partial charge in [-0.25, -0.2) is 0 Å². The molecule has 4 nitrogen and oxygen atoms in total. The van der Waals surface area contributed by atoms with E-state index in [1.807, 2.05) is 18.2 Å². The smallest absolute Gasteiger partial charge is 0.291 e. The Morgan fingerprint density at radius 1 is 1.16 bits per heavy atom. The molecule has 0 saturated carbocycles. The quantitative estimate of drug-likeness (QED) is 0.917. The SMILES string of the molecule is O=C(Nc1cccc(N2CCCC2)c1)c1ccco1. The Morgan fingerprint density at radius 2 is 2.00 bits per heavy atom. The molecule has 1 aromatic heterocycles. The van der Waals surface area contributed by atoms with Crippen molar-refractivity contribution < 1.29 is 9.21 Å². The molecule has 1 aliphatic rings.